The Balaban J connectivity index is 1.84. The van der Waals surface area contributed by atoms with Crippen molar-refractivity contribution in [3.05, 3.63) is 11.6 Å². The third-order valence-electron chi connectivity index (χ3n) is 3.34. The van der Waals surface area contributed by atoms with Crippen LogP contribution < -0.4 is 5.32 Å². The first-order chi connectivity index (χ1) is 8.74. The van der Waals surface area contributed by atoms with E-state index in [1.165, 1.54) is 0 Å². The van der Waals surface area contributed by atoms with Crippen molar-refractivity contribution in [2.24, 2.45) is 5.92 Å². The lowest BCUT2D eigenvalue weighted by molar-refractivity contribution is 0.0823. The van der Waals surface area contributed by atoms with E-state index < -0.39 is 0 Å². The topological polar surface area (TPSA) is 79.9 Å². The minimum Gasteiger partial charge on any atom is -0.378 e. The van der Waals surface area contributed by atoms with Crippen LogP contribution in [-0.2, 0) is 11.2 Å². The summed E-state index contributed by atoms with van der Waals surface area (Å²) in [5.41, 5.74) is 0. The molecule has 0 aliphatic carbocycles. The fourth-order valence-electron chi connectivity index (χ4n) is 2.24. The second-order valence-electron chi connectivity index (χ2n) is 4.54. The summed E-state index contributed by atoms with van der Waals surface area (Å²) in [6.45, 7) is 5.49. The highest BCUT2D eigenvalue weighted by Crippen LogP contribution is 2.22. The molecule has 1 aromatic heterocycles. The monoisotopic (exact) mass is 252 g/mol. The van der Waals surface area contributed by atoms with Gasteiger partial charge in [0.15, 0.2) is 0 Å². The maximum Gasteiger partial charge on any atom is 0.290 e. The van der Waals surface area contributed by atoms with E-state index in [1.54, 1.807) is 0 Å². The highest BCUT2D eigenvalue weighted by atomic mass is 16.5. The normalized spacial score (nSPS) is 23.2. The van der Waals surface area contributed by atoms with Crippen LogP contribution in [0.1, 0.15) is 43.1 Å². The molecule has 6 nitrogen and oxygen atoms in total. The summed E-state index contributed by atoms with van der Waals surface area (Å²) < 4.78 is 5.59. The quantitative estimate of drug-likeness (QED) is 0.816. The van der Waals surface area contributed by atoms with Gasteiger partial charge >= 0.3 is 0 Å². The summed E-state index contributed by atoms with van der Waals surface area (Å²) in [6, 6.07) is 0. The number of H-pyrrole nitrogens is 1. The van der Waals surface area contributed by atoms with E-state index in [1.807, 2.05) is 6.92 Å². The molecule has 1 aromatic rings. The predicted octanol–water partition coefficient (Wildman–Crippen LogP) is 0.912. The van der Waals surface area contributed by atoms with Crippen LogP contribution >= 0.6 is 0 Å². The molecule has 1 saturated heterocycles. The van der Waals surface area contributed by atoms with Gasteiger partial charge < -0.3 is 10.1 Å². The van der Waals surface area contributed by atoms with Crippen molar-refractivity contribution in [1.82, 2.24) is 20.5 Å². The van der Waals surface area contributed by atoms with E-state index in [0.717, 1.165) is 31.7 Å². The Hall–Kier alpha value is -1.43. The van der Waals surface area contributed by atoms with Gasteiger partial charge in [0, 0.05) is 25.5 Å². The molecule has 100 valence electrons. The number of ether oxygens (including phenoxy) is 1. The Morgan fingerprint density at radius 1 is 1.56 bits per heavy atom. The van der Waals surface area contributed by atoms with Crippen LogP contribution in [0, 0.1) is 5.92 Å². The Bertz CT molecular complexity index is 405. The molecule has 0 saturated carbocycles. The largest absolute Gasteiger partial charge is 0.378 e. The predicted molar refractivity (Wildman–Crippen MR) is 66.2 cm³/mol. The second kappa shape index (κ2) is 5.95. The molecule has 0 radical (unpaired) electrons. The molecule has 2 rings (SSSR count). The zero-order chi connectivity index (χ0) is 13.0. The van der Waals surface area contributed by atoms with Crippen LogP contribution in [0.2, 0.25) is 0 Å². The molecule has 6 heteroatoms. The first kappa shape index (κ1) is 13.0. The standard InChI is InChI=1S/C12H20N4O2/c1-3-9-8(5-6-18-9)7-13-12(17)11-14-10(4-2)15-16-11/h8-9H,3-7H2,1-2H3,(H,13,17)(H,14,15,16). The number of carbonyl (C=O) groups excluding carboxylic acids is 1. The number of hydrogen-bond acceptors (Lipinski definition) is 4. The first-order valence-electron chi connectivity index (χ1n) is 6.55. The summed E-state index contributed by atoms with van der Waals surface area (Å²) >= 11 is 0. The van der Waals surface area contributed by atoms with Crippen LogP contribution in [0.4, 0.5) is 0 Å². The number of carbonyl (C=O) groups is 1. The molecule has 2 unspecified atom stereocenters. The molecule has 0 aromatic carbocycles. The zero-order valence-electron chi connectivity index (χ0n) is 10.9. The minimum absolute atomic E-state index is 0.215. The fourth-order valence-corrected chi connectivity index (χ4v) is 2.24. The van der Waals surface area contributed by atoms with Gasteiger partial charge in [-0.3, -0.25) is 9.89 Å². The molecule has 2 atom stereocenters. The van der Waals surface area contributed by atoms with E-state index in [4.69, 9.17) is 4.74 Å². The van der Waals surface area contributed by atoms with Crippen LogP contribution in [0.5, 0.6) is 0 Å². The molecule has 1 aliphatic heterocycles. The van der Waals surface area contributed by atoms with Crippen LogP contribution in [0.15, 0.2) is 0 Å². The van der Waals surface area contributed by atoms with Gasteiger partial charge in [0.2, 0.25) is 5.82 Å². The second-order valence-corrected chi connectivity index (χ2v) is 4.54. The highest BCUT2D eigenvalue weighted by Gasteiger charge is 2.27. The molecule has 2 N–H and O–H groups in total. The molecule has 18 heavy (non-hydrogen) atoms. The maximum atomic E-state index is 11.8. The SMILES string of the molecule is CCc1nc(C(=O)NCC2CCOC2CC)n[nH]1. The molecule has 1 fully saturated rings. The maximum absolute atomic E-state index is 11.8. The van der Waals surface area contributed by atoms with Crippen molar-refractivity contribution >= 4 is 5.91 Å². The van der Waals surface area contributed by atoms with E-state index >= 15 is 0 Å². The number of aryl methyl sites for hydroxylation is 1. The van der Waals surface area contributed by atoms with Gasteiger partial charge in [0.25, 0.3) is 5.91 Å². The van der Waals surface area contributed by atoms with Gasteiger partial charge in [-0.25, -0.2) is 4.98 Å². The third-order valence-corrected chi connectivity index (χ3v) is 3.34. The summed E-state index contributed by atoms with van der Waals surface area (Å²) in [7, 11) is 0. The lowest BCUT2D eigenvalue weighted by Crippen LogP contribution is -2.33. The van der Waals surface area contributed by atoms with E-state index in [2.05, 4.69) is 27.4 Å². The number of hydrogen-bond donors (Lipinski definition) is 2. The third kappa shape index (κ3) is 2.87. The fraction of sp³-hybridized carbons (Fsp3) is 0.750. The lowest BCUT2D eigenvalue weighted by atomic mass is 10.00. The molecular formula is C12H20N4O2. The van der Waals surface area contributed by atoms with Crippen LogP contribution in [0.25, 0.3) is 0 Å². The van der Waals surface area contributed by atoms with Crippen molar-refractivity contribution in [1.29, 1.82) is 0 Å². The Kier molecular flexibility index (Phi) is 4.30. The Morgan fingerprint density at radius 2 is 2.39 bits per heavy atom. The Labute approximate surface area is 107 Å². The number of nitrogens with zero attached hydrogens (tertiary/aromatic N) is 2. The van der Waals surface area contributed by atoms with Gasteiger partial charge in [-0.15, -0.1) is 5.10 Å². The summed E-state index contributed by atoms with van der Waals surface area (Å²) in [5, 5.41) is 9.51. The molecule has 1 amide bonds. The number of rotatable bonds is 5. The van der Waals surface area contributed by atoms with Gasteiger partial charge in [-0.05, 0) is 12.8 Å². The van der Waals surface area contributed by atoms with E-state index in [0.29, 0.717) is 12.5 Å². The van der Waals surface area contributed by atoms with Gasteiger partial charge in [-0.1, -0.05) is 13.8 Å². The number of aromatic amines is 1. The average molecular weight is 252 g/mol. The minimum atomic E-state index is -0.215. The number of nitrogens with one attached hydrogen (secondary N) is 2. The van der Waals surface area contributed by atoms with Crippen molar-refractivity contribution in [2.75, 3.05) is 13.2 Å². The summed E-state index contributed by atoms with van der Waals surface area (Å²) in [4.78, 5) is 15.9. The van der Waals surface area contributed by atoms with E-state index in [-0.39, 0.29) is 17.8 Å². The molecule has 2 heterocycles. The summed E-state index contributed by atoms with van der Waals surface area (Å²) in [6.07, 6.45) is 3.01. The van der Waals surface area contributed by atoms with Crippen molar-refractivity contribution in [3.8, 4) is 0 Å². The van der Waals surface area contributed by atoms with E-state index in [9.17, 15) is 4.79 Å². The first-order valence-corrected chi connectivity index (χ1v) is 6.55. The molecule has 1 aliphatic rings. The molecular weight excluding hydrogens is 232 g/mol. The van der Waals surface area contributed by atoms with Crippen LogP contribution in [0.3, 0.4) is 0 Å². The number of amides is 1. The molecule has 0 bridgehead atoms. The van der Waals surface area contributed by atoms with Gasteiger partial charge in [0.1, 0.15) is 5.82 Å². The Morgan fingerprint density at radius 3 is 3.06 bits per heavy atom. The van der Waals surface area contributed by atoms with Crippen LogP contribution in [-0.4, -0.2) is 40.3 Å². The summed E-state index contributed by atoms with van der Waals surface area (Å²) in [5.74, 6) is 1.14. The smallest absolute Gasteiger partial charge is 0.290 e. The van der Waals surface area contributed by atoms with Crippen molar-refractivity contribution < 1.29 is 9.53 Å². The number of aromatic nitrogens is 3. The average Bonchev–Trinajstić information content (AvgIpc) is 3.04. The highest BCUT2D eigenvalue weighted by molar-refractivity contribution is 5.90. The zero-order valence-corrected chi connectivity index (χ0v) is 10.9. The van der Waals surface area contributed by atoms with Crippen molar-refractivity contribution in [2.45, 2.75) is 39.2 Å². The molecule has 0 spiro atoms. The lowest BCUT2D eigenvalue weighted by Gasteiger charge is -2.16. The van der Waals surface area contributed by atoms with Crippen molar-refractivity contribution in [3.63, 3.8) is 0 Å². The van der Waals surface area contributed by atoms with Gasteiger partial charge in [0.05, 0.1) is 6.10 Å². The van der Waals surface area contributed by atoms with Gasteiger partial charge in [-0.2, -0.15) is 0 Å².